The molecule has 0 N–H and O–H groups in total. The molecule has 0 amide bonds. The Morgan fingerprint density at radius 2 is 1.89 bits per heavy atom. The lowest BCUT2D eigenvalue weighted by Crippen LogP contribution is -2.05. The van der Waals surface area contributed by atoms with Gasteiger partial charge in [0.1, 0.15) is 0 Å². The summed E-state index contributed by atoms with van der Waals surface area (Å²) < 4.78 is 6.76. The normalized spacial score (nSPS) is 10.1. The van der Waals surface area contributed by atoms with E-state index in [2.05, 4.69) is 27.4 Å². The van der Waals surface area contributed by atoms with Crippen molar-refractivity contribution in [2.75, 3.05) is 12.4 Å². The molecule has 3 rings (SSSR count). The van der Waals surface area contributed by atoms with Gasteiger partial charge in [-0.25, -0.2) is 4.79 Å². The summed E-state index contributed by atoms with van der Waals surface area (Å²) >= 11 is 7.19. The summed E-state index contributed by atoms with van der Waals surface area (Å²) in [5.41, 5.74) is 2.49. The smallest absolute Gasteiger partial charge is 0.339 e. The van der Waals surface area contributed by atoms with E-state index in [1.54, 1.807) is 28.9 Å². The van der Waals surface area contributed by atoms with Crippen LogP contribution >= 0.6 is 23.4 Å². The number of halogens is 1. The van der Waals surface area contributed by atoms with Gasteiger partial charge in [0.15, 0.2) is 6.61 Å². The van der Waals surface area contributed by atoms with Crippen LogP contribution in [-0.4, -0.2) is 38.5 Å². The molecule has 0 aliphatic rings. The zero-order chi connectivity index (χ0) is 19.1. The van der Waals surface area contributed by atoms with Gasteiger partial charge in [0, 0.05) is 5.02 Å². The molecule has 0 atom stereocenters. The Morgan fingerprint density at radius 3 is 2.63 bits per heavy atom. The van der Waals surface area contributed by atoms with E-state index in [4.69, 9.17) is 16.3 Å². The molecule has 3 aromatic rings. The van der Waals surface area contributed by atoms with Gasteiger partial charge in [-0.1, -0.05) is 52.9 Å². The number of carbonyl (C=O) groups excluding carboxylic acids is 1. The number of hydrogen-bond acceptors (Lipinski definition) is 6. The van der Waals surface area contributed by atoms with Gasteiger partial charge in [-0.2, -0.15) is 4.68 Å². The molecular formula is C19H15ClN4O2S. The highest BCUT2D eigenvalue weighted by Crippen LogP contribution is 2.17. The number of nitrogens with zero attached hydrogens (tertiary/aromatic N) is 4. The minimum atomic E-state index is -0.433. The number of hydrogen-bond donors (Lipinski definition) is 0. The molecule has 0 radical (unpaired) electrons. The third-order valence-electron chi connectivity index (χ3n) is 3.47. The summed E-state index contributed by atoms with van der Waals surface area (Å²) in [5, 5.41) is 12.9. The van der Waals surface area contributed by atoms with Crippen molar-refractivity contribution >= 4 is 29.3 Å². The Bertz CT molecular complexity index is 975. The molecule has 27 heavy (non-hydrogen) atoms. The van der Waals surface area contributed by atoms with Crippen LogP contribution in [0.15, 0.2) is 53.7 Å². The number of thioether (sulfide) groups is 1. The van der Waals surface area contributed by atoms with Gasteiger partial charge in [0.25, 0.3) is 0 Å². The topological polar surface area (TPSA) is 69.9 Å². The molecule has 0 aliphatic carbocycles. The second-order valence-corrected chi connectivity index (χ2v) is 6.81. The zero-order valence-corrected chi connectivity index (χ0v) is 16.0. The molecule has 0 spiro atoms. The molecule has 8 heteroatoms. The molecule has 0 unspecified atom stereocenters. The first-order chi connectivity index (χ1) is 13.1. The number of benzene rings is 2. The van der Waals surface area contributed by atoms with E-state index < -0.39 is 5.97 Å². The monoisotopic (exact) mass is 398 g/mol. The molecule has 1 aromatic heterocycles. The molecular weight excluding hydrogens is 384 g/mol. The highest BCUT2D eigenvalue weighted by Gasteiger charge is 2.08. The number of carbonyl (C=O) groups is 1. The average molecular weight is 399 g/mol. The van der Waals surface area contributed by atoms with E-state index >= 15 is 0 Å². The highest BCUT2D eigenvalue weighted by atomic mass is 35.5. The lowest BCUT2D eigenvalue weighted by molar-refractivity contribution is 0.0556. The van der Waals surface area contributed by atoms with Crippen LogP contribution < -0.4 is 0 Å². The standard InChI is InChI=1S/C19H15ClN4O2S/c1-14-4-10-17(11-5-14)24-19(21-22-23-24)27-13-3-2-12-26-18(25)15-6-8-16(20)9-7-15/h4-11H,12-13H2,1H3. The molecule has 6 nitrogen and oxygen atoms in total. The van der Waals surface area contributed by atoms with Gasteiger partial charge in [-0.3, -0.25) is 0 Å². The van der Waals surface area contributed by atoms with E-state index in [1.807, 2.05) is 31.2 Å². The fourth-order valence-corrected chi connectivity index (χ4v) is 2.88. The SMILES string of the molecule is Cc1ccc(-n2nnnc2SCC#CCOC(=O)c2ccc(Cl)cc2)cc1. The summed E-state index contributed by atoms with van der Waals surface area (Å²) in [6.07, 6.45) is 0. The molecule has 2 aromatic carbocycles. The van der Waals surface area contributed by atoms with E-state index in [0.29, 0.717) is 21.5 Å². The molecule has 1 heterocycles. The Labute approximate surface area is 165 Å². The van der Waals surface area contributed by atoms with Crippen molar-refractivity contribution in [3.05, 3.63) is 64.7 Å². The van der Waals surface area contributed by atoms with Gasteiger partial charge < -0.3 is 4.74 Å². The van der Waals surface area contributed by atoms with Crippen LogP contribution in [0.5, 0.6) is 0 Å². The Balaban J connectivity index is 1.49. The van der Waals surface area contributed by atoms with Crippen LogP contribution in [0.3, 0.4) is 0 Å². The largest absolute Gasteiger partial charge is 0.449 e. The van der Waals surface area contributed by atoms with Gasteiger partial charge in [0.2, 0.25) is 5.16 Å². The number of aryl methyl sites for hydroxylation is 1. The summed E-state index contributed by atoms with van der Waals surface area (Å²) in [5.74, 6) is 5.79. The lowest BCUT2D eigenvalue weighted by atomic mass is 10.2. The third kappa shape index (κ3) is 5.33. The van der Waals surface area contributed by atoms with Crippen molar-refractivity contribution in [1.82, 2.24) is 20.2 Å². The van der Waals surface area contributed by atoms with Crippen molar-refractivity contribution in [1.29, 1.82) is 0 Å². The van der Waals surface area contributed by atoms with E-state index in [-0.39, 0.29) is 6.61 Å². The van der Waals surface area contributed by atoms with Crippen molar-refractivity contribution in [3.8, 4) is 17.5 Å². The summed E-state index contributed by atoms with van der Waals surface area (Å²) in [7, 11) is 0. The van der Waals surface area contributed by atoms with Crippen LogP contribution in [0.2, 0.25) is 5.02 Å². The van der Waals surface area contributed by atoms with Gasteiger partial charge in [-0.05, 0) is 53.7 Å². The minimum Gasteiger partial charge on any atom is -0.449 e. The first-order valence-electron chi connectivity index (χ1n) is 8.00. The number of rotatable bonds is 5. The third-order valence-corrected chi connectivity index (χ3v) is 4.53. The Hall–Kier alpha value is -2.82. The second-order valence-electron chi connectivity index (χ2n) is 5.43. The summed E-state index contributed by atoms with van der Waals surface area (Å²) in [6.45, 7) is 2.04. The first-order valence-corrected chi connectivity index (χ1v) is 9.36. The minimum absolute atomic E-state index is 0.0188. The van der Waals surface area contributed by atoms with Gasteiger partial charge in [0.05, 0.1) is 17.0 Å². The number of aromatic nitrogens is 4. The zero-order valence-electron chi connectivity index (χ0n) is 14.4. The first kappa shape index (κ1) is 19.0. The maximum atomic E-state index is 11.8. The van der Waals surface area contributed by atoms with Crippen LogP contribution in [0.1, 0.15) is 15.9 Å². The number of ether oxygens (including phenoxy) is 1. The van der Waals surface area contributed by atoms with E-state index in [0.717, 1.165) is 5.69 Å². The molecule has 0 aliphatic heterocycles. The maximum absolute atomic E-state index is 11.8. The van der Waals surface area contributed by atoms with Gasteiger partial charge in [-0.15, -0.1) is 5.10 Å². The molecule has 0 bridgehead atoms. The summed E-state index contributed by atoms with van der Waals surface area (Å²) in [4.78, 5) is 11.8. The quantitative estimate of drug-likeness (QED) is 0.371. The maximum Gasteiger partial charge on any atom is 0.339 e. The molecule has 0 fully saturated rings. The Morgan fingerprint density at radius 1 is 1.15 bits per heavy atom. The molecule has 136 valence electrons. The fraction of sp³-hybridized carbons (Fsp3) is 0.158. The number of tetrazole rings is 1. The van der Waals surface area contributed by atoms with E-state index in [1.165, 1.54) is 17.3 Å². The molecule has 0 saturated heterocycles. The average Bonchev–Trinajstić information content (AvgIpc) is 3.14. The van der Waals surface area contributed by atoms with E-state index in [9.17, 15) is 4.79 Å². The van der Waals surface area contributed by atoms with Crippen molar-refractivity contribution in [3.63, 3.8) is 0 Å². The van der Waals surface area contributed by atoms with Crippen LogP contribution in [0.25, 0.3) is 5.69 Å². The molecule has 0 saturated carbocycles. The van der Waals surface area contributed by atoms with Crippen LogP contribution in [-0.2, 0) is 4.74 Å². The van der Waals surface area contributed by atoms with Crippen molar-refractivity contribution in [2.24, 2.45) is 0 Å². The predicted octanol–water partition coefficient (Wildman–Crippen LogP) is 3.58. The highest BCUT2D eigenvalue weighted by molar-refractivity contribution is 7.99. The Kier molecular flexibility index (Phi) is 6.47. The predicted molar refractivity (Wildman–Crippen MR) is 104 cm³/mol. The van der Waals surface area contributed by atoms with Crippen molar-refractivity contribution < 1.29 is 9.53 Å². The van der Waals surface area contributed by atoms with Gasteiger partial charge >= 0.3 is 5.97 Å². The lowest BCUT2D eigenvalue weighted by Gasteiger charge is -2.03. The number of esters is 1. The van der Waals surface area contributed by atoms with Crippen LogP contribution in [0, 0.1) is 18.8 Å². The second kappa shape index (κ2) is 9.21. The summed E-state index contributed by atoms with van der Waals surface area (Å²) in [6, 6.07) is 14.4. The van der Waals surface area contributed by atoms with Crippen molar-refractivity contribution in [2.45, 2.75) is 12.1 Å². The van der Waals surface area contributed by atoms with Crippen LogP contribution in [0.4, 0.5) is 0 Å². The fourth-order valence-electron chi connectivity index (χ4n) is 2.09.